The number of thioether (sulfide) groups is 1. The summed E-state index contributed by atoms with van der Waals surface area (Å²) in [6.45, 7) is 0.350. The van der Waals surface area contributed by atoms with Crippen LogP contribution in [0.25, 0.3) is 10.2 Å². The fraction of sp³-hybridized carbons (Fsp3) is 0.231. The molecule has 22 heavy (non-hydrogen) atoms. The minimum atomic E-state index is -0.175. The Morgan fingerprint density at radius 2 is 2.14 bits per heavy atom. The lowest BCUT2D eigenvalue weighted by molar-refractivity contribution is -0.116. The molecule has 9 heteroatoms. The van der Waals surface area contributed by atoms with E-state index in [2.05, 4.69) is 15.5 Å². The highest BCUT2D eigenvalue weighted by molar-refractivity contribution is 8.00. The first-order chi connectivity index (χ1) is 10.7. The maximum absolute atomic E-state index is 12.0. The van der Waals surface area contributed by atoms with Crippen LogP contribution in [0.1, 0.15) is 6.42 Å². The molecule has 1 N–H and O–H groups in total. The third kappa shape index (κ3) is 3.21. The first-order valence-electron chi connectivity index (χ1n) is 6.43. The minimum absolute atomic E-state index is 0.0467. The Balaban J connectivity index is 1.67. The molecule has 0 unspecified atom stereocenters. The predicted octanol–water partition coefficient (Wildman–Crippen LogP) is 2.67. The Labute approximate surface area is 138 Å². The van der Waals surface area contributed by atoms with Gasteiger partial charge in [-0.2, -0.15) is 0 Å². The van der Waals surface area contributed by atoms with Gasteiger partial charge in [0.15, 0.2) is 4.34 Å². The van der Waals surface area contributed by atoms with Gasteiger partial charge in [-0.25, -0.2) is 0 Å². The summed E-state index contributed by atoms with van der Waals surface area (Å²) >= 11 is 4.01. The fourth-order valence-corrected chi connectivity index (χ4v) is 4.07. The Morgan fingerprint density at radius 3 is 2.91 bits per heavy atom. The van der Waals surface area contributed by atoms with Crippen molar-refractivity contribution in [3.05, 3.63) is 33.9 Å². The van der Waals surface area contributed by atoms with Gasteiger partial charge in [-0.1, -0.05) is 46.6 Å². The van der Waals surface area contributed by atoms with E-state index in [9.17, 15) is 9.59 Å². The van der Waals surface area contributed by atoms with Crippen molar-refractivity contribution < 1.29 is 4.79 Å². The van der Waals surface area contributed by atoms with E-state index in [0.717, 1.165) is 14.6 Å². The van der Waals surface area contributed by atoms with E-state index in [1.165, 1.54) is 34.4 Å². The van der Waals surface area contributed by atoms with E-state index < -0.39 is 0 Å². The molecule has 6 nitrogen and oxygen atoms in total. The van der Waals surface area contributed by atoms with Crippen LogP contribution in [0.2, 0.25) is 0 Å². The van der Waals surface area contributed by atoms with E-state index in [0.29, 0.717) is 11.7 Å². The summed E-state index contributed by atoms with van der Waals surface area (Å²) in [6, 6.07) is 7.58. The zero-order valence-electron chi connectivity index (χ0n) is 11.6. The van der Waals surface area contributed by atoms with Gasteiger partial charge < -0.3 is 5.32 Å². The van der Waals surface area contributed by atoms with Crippen LogP contribution in [0.5, 0.6) is 0 Å². The van der Waals surface area contributed by atoms with E-state index >= 15 is 0 Å². The van der Waals surface area contributed by atoms with Gasteiger partial charge in [0, 0.05) is 13.0 Å². The first-order valence-corrected chi connectivity index (χ1v) is 9.29. The number of rotatable bonds is 5. The molecule has 0 aliphatic carbocycles. The van der Waals surface area contributed by atoms with Crippen molar-refractivity contribution in [3.8, 4) is 0 Å². The molecule has 0 saturated carbocycles. The van der Waals surface area contributed by atoms with Crippen LogP contribution in [0.3, 0.4) is 0 Å². The lowest BCUT2D eigenvalue weighted by Crippen LogP contribution is -2.19. The van der Waals surface area contributed by atoms with Gasteiger partial charge >= 0.3 is 4.87 Å². The summed E-state index contributed by atoms with van der Waals surface area (Å²) in [7, 11) is 0. The number of aromatic nitrogens is 3. The molecule has 0 saturated heterocycles. The molecule has 114 valence electrons. The molecule has 0 atom stereocenters. The lowest BCUT2D eigenvalue weighted by Gasteiger charge is -2.03. The van der Waals surface area contributed by atoms with Crippen LogP contribution in [0.4, 0.5) is 5.13 Å². The summed E-state index contributed by atoms with van der Waals surface area (Å²) in [6.07, 6.45) is 2.12. The van der Waals surface area contributed by atoms with Crippen molar-refractivity contribution >= 4 is 55.7 Å². The van der Waals surface area contributed by atoms with Crippen LogP contribution in [-0.2, 0) is 11.3 Å². The highest BCUT2D eigenvalue weighted by atomic mass is 32.2. The second-order valence-electron chi connectivity index (χ2n) is 4.36. The minimum Gasteiger partial charge on any atom is -0.300 e. The highest BCUT2D eigenvalue weighted by Gasteiger charge is 2.11. The lowest BCUT2D eigenvalue weighted by atomic mass is 10.3. The van der Waals surface area contributed by atoms with Gasteiger partial charge in [0.1, 0.15) is 0 Å². The second-order valence-corrected chi connectivity index (χ2v) is 7.39. The highest BCUT2D eigenvalue weighted by Crippen LogP contribution is 2.23. The average molecular weight is 352 g/mol. The largest absolute Gasteiger partial charge is 0.308 e. The Kier molecular flexibility index (Phi) is 4.55. The van der Waals surface area contributed by atoms with Gasteiger partial charge in [0.25, 0.3) is 0 Å². The fourth-order valence-electron chi connectivity index (χ4n) is 1.96. The zero-order valence-corrected chi connectivity index (χ0v) is 14.1. The number of benzene rings is 1. The molecule has 2 aromatic heterocycles. The Hall–Kier alpha value is -1.71. The quantitative estimate of drug-likeness (QED) is 0.564. The third-order valence-corrected chi connectivity index (χ3v) is 5.74. The van der Waals surface area contributed by atoms with Crippen molar-refractivity contribution in [2.24, 2.45) is 0 Å². The molecule has 3 aromatic rings. The van der Waals surface area contributed by atoms with E-state index in [4.69, 9.17) is 0 Å². The van der Waals surface area contributed by atoms with Crippen molar-refractivity contribution in [3.63, 3.8) is 0 Å². The molecule has 0 bridgehead atoms. The number of fused-ring (bicyclic) bond motifs is 1. The number of amides is 1. The number of aryl methyl sites for hydroxylation is 1. The standard InChI is InChI=1S/C13H12N4O2S3/c1-20-12-16-15-11(22-12)14-10(18)6-7-17-8-4-2-3-5-9(8)21-13(17)19/h2-5H,6-7H2,1H3,(H,14,15,18). The summed E-state index contributed by atoms with van der Waals surface area (Å²) < 4.78 is 3.37. The van der Waals surface area contributed by atoms with E-state index in [1.54, 1.807) is 4.57 Å². The summed E-state index contributed by atoms with van der Waals surface area (Å²) in [5, 5.41) is 11.0. The predicted molar refractivity (Wildman–Crippen MR) is 91.0 cm³/mol. The monoisotopic (exact) mass is 352 g/mol. The number of nitrogens with one attached hydrogen (secondary N) is 1. The van der Waals surface area contributed by atoms with Gasteiger partial charge in [-0.3, -0.25) is 14.2 Å². The number of carbonyl (C=O) groups is 1. The molecule has 1 aromatic carbocycles. The summed E-state index contributed by atoms with van der Waals surface area (Å²) in [5.41, 5.74) is 0.867. The molecule has 0 spiro atoms. The normalized spacial score (nSPS) is 11.0. The number of nitrogens with zero attached hydrogens (tertiary/aromatic N) is 3. The third-order valence-electron chi connectivity index (χ3n) is 2.96. The summed E-state index contributed by atoms with van der Waals surface area (Å²) in [5.74, 6) is -0.175. The van der Waals surface area contributed by atoms with Crippen LogP contribution in [-0.4, -0.2) is 26.9 Å². The smallest absolute Gasteiger partial charge is 0.300 e. The SMILES string of the molecule is CSc1nnc(NC(=O)CCn2c(=O)sc3ccccc32)s1. The van der Waals surface area contributed by atoms with Crippen LogP contribution in [0, 0.1) is 0 Å². The molecular weight excluding hydrogens is 340 g/mol. The second kappa shape index (κ2) is 6.59. The summed E-state index contributed by atoms with van der Waals surface area (Å²) in [4.78, 5) is 23.9. The number of carbonyl (C=O) groups excluding carboxylic acids is 1. The average Bonchev–Trinajstić information content (AvgIpc) is 3.08. The van der Waals surface area contributed by atoms with Gasteiger partial charge in [0.2, 0.25) is 11.0 Å². The van der Waals surface area contributed by atoms with E-state index in [-0.39, 0.29) is 17.2 Å². The maximum Gasteiger partial charge on any atom is 0.308 e. The van der Waals surface area contributed by atoms with Crippen molar-refractivity contribution in [1.29, 1.82) is 0 Å². The molecule has 0 fully saturated rings. The molecule has 0 radical (unpaired) electrons. The molecular formula is C13H12N4O2S3. The zero-order chi connectivity index (χ0) is 15.5. The Morgan fingerprint density at radius 1 is 1.32 bits per heavy atom. The van der Waals surface area contributed by atoms with Gasteiger partial charge in [0.05, 0.1) is 10.2 Å². The van der Waals surface area contributed by atoms with Crippen LogP contribution in [0.15, 0.2) is 33.4 Å². The van der Waals surface area contributed by atoms with Gasteiger partial charge in [-0.15, -0.1) is 10.2 Å². The number of thiazole rings is 1. The number of anilines is 1. The van der Waals surface area contributed by atoms with E-state index in [1.807, 2.05) is 30.5 Å². The molecule has 3 rings (SSSR count). The first kappa shape index (κ1) is 15.2. The number of hydrogen-bond donors (Lipinski definition) is 1. The van der Waals surface area contributed by atoms with Crippen molar-refractivity contribution in [2.45, 2.75) is 17.3 Å². The van der Waals surface area contributed by atoms with Crippen LogP contribution < -0.4 is 10.2 Å². The number of para-hydroxylation sites is 1. The molecule has 2 heterocycles. The van der Waals surface area contributed by atoms with Gasteiger partial charge in [-0.05, 0) is 18.4 Å². The molecule has 0 aliphatic rings. The van der Waals surface area contributed by atoms with Crippen molar-refractivity contribution in [2.75, 3.05) is 11.6 Å². The Bertz CT molecular complexity index is 867. The number of hydrogen-bond acceptors (Lipinski definition) is 7. The topological polar surface area (TPSA) is 76.9 Å². The van der Waals surface area contributed by atoms with Crippen LogP contribution >= 0.6 is 34.4 Å². The maximum atomic E-state index is 12.0. The molecule has 1 amide bonds. The van der Waals surface area contributed by atoms with Crippen molar-refractivity contribution in [1.82, 2.24) is 14.8 Å². The molecule has 0 aliphatic heterocycles.